The van der Waals surface area contributed by atoms with Crippen molar-refractivity contribution in [3.05, 3.63) is 58.9 Å². The zero-order chi connectivity index (χ0) is 17.0. The van der Waals surface area contributed by atoms with Gasteiger partial charge in [-0.05, 0) is 38.1 Å². The summed E-state index contributed by atoms with van der Waals surface area (Å²) < 4.78 is 6.03. The van der Waals surface area contributed by atoms with Gasteiger partial charge in [-0.3, -0.25) is 9.88 Å². The van der Waals surface area contributed by atoms with Gasteiger partial charge in [0.15, 0.2) is 0 Å². The van der Waals surface area contributed by atoms with Crippen molar-refractivity contribution in [1.82, 2.24) is 15.2 Å². The van der Waals surface area contributed by atoms with Crippen LogP contribution in [0.25, 0.3) is 0 Å². The van der Waals surface area contributed by atoms with Crippen LogP contribution in [0.15, 0.2) is 42.7 Å². The second-order valence-corrected chi connectivity index (χ2v) is 7.36. The third-order valence-electron chi connectivity index (χ3n) is 4.18. The molecule has 1 aromatic heterocycles. The van der Waals surface area contributed by atoms with Crippen LogP contribution in [0.4, 0.5) is 0 Å². The number of piperazine rings is 1. The minimum atomic E-state index is 0.132. The molecule has 0 atom stereocenters. The minimum absolute atomic E-state index is 0.132. The fourth-order valence-corrected chi connectivity index (χ4v) is 3.27. The Balaban J connectivity index is 1.71. The summed E-state index contributed by atoms with van der Waals surface area (Å²) in [5.41, 5.74) is 2.32. The lowest BCUT2D eigenvalue weighted by Crippen LogP contribution is -2.56. The van der Waals surface area contributed by atoms with E-state index in [4.69, 9.17) is 16.3 Å². The number of benzene rings is 1. The van der Waals surface area contributed by atoms with Crippen LogP contribution in [0.2, 0.25) is 5.02 Å². The van der Waals surface area contributed by atoms with E-state index in [1.165, 1.54) is 0 Å². The molecule has 5 heteroatoms. The highest BCUT2D eigenvalue weighted by atomic mass is 35.5. The van der Waals surface area contributed by atoms with Gasteiger partial charge in [0.25, 0.3) is 0 Å². The molecule has 1 aromatic carbocycles. The number of rotatable bonds is 5. The van der Waals surface area contributed by atoms with E-state index in [-0.39, 0.29) is 5.54 Å². The normalized spacial score (nSPS) is 17.6. The lowest BCUT2D eigenvalue weighted by atomic mass is 10.0. The van der Waals surface area contributed by atoms with Crippen LogP contribution >= 0.6 is 11.6 Å². The van der Waals surface area contributed by atoms with Gasteiger partial charge in [0.2, 0.25) is 0 Å². The Morgan fingerprint density at radius 3 is 2.96 bits per heavy atom. The van der Waals surface area contributed by atoms with Crippen molar-refractivity contribution in [2.45, 2.75) is 32.5 Å². The lowest BCUT2D eigenvalue weighted by Gasteiger charge is -2.39. The van der Waals surface area contributed by atoms with Crippen molar-refractivity contribution in [2.24, 2.45) is 0 Å². The Bertz CT molecular complexity index is 676. The SMILES string of the molecule is CC1(C)CN(Cc2cc(Cl)ccc2OCc2cccnc2)CCN1. The van der Waals surface area contributed by atoms with Crippen molar-refractivity contribution in [3.8, 4) is 5.75 Å². The number of nitrogens with zero attached hydrogens (tertiary/aromatic N) is 2. The van der Waals surface area contributed by atoms with Crippen molar-refractivity contribution >= 4 is 11.6 Å². The van der Waals surface area contributed by atoms with Crippen LogP contribution in [0.3, 0.4) is 0 Å². The van der Waals surface area contributed by atoms with Crippen LogP contribution in [-0.4, -0.2) is 35.1 Å². The number of aromatic nitrogens is 1. The van der Waals surface area contributed by atoms with E-state index in [0.29, 0.717) is 6.61 Å². The Kier molecular flexibility index (Phi) is 5.39. The number of hydrogen-bond donors (Lipinski definition) is 1. The molecule has 128 valence electrons. The van der Waals surface area contributed by atoms with Crippen molar-refractivity contribution in [2.75, 3.05) is 19.6 Å². The molecular weight excluding hydrogens is 322 g/mol. The zero-order valence-electron chi connectivity index (χ0n) is 14.3. The molecule has 4 nitrogen and oxygen atoms in total. The maximum Gasteiger partial charge on any atom is 0.124 e. The summed E-state index contributed by atoms with van der Waals surface area (Å²) in [7, 11) is 0. The first kappa shape index (κ1) is 17.2. The quantitative estimate of drug-likeness (QED) is 0.900. The summed E-state index contributed by atoms with van der Waals surface area (Å²) in [6.45, 7) is 8.84. The van der Waals surface area contributed by atoms with Crippen LogP contribution < -0.4 is 10.1 Å². The average Bonchev–Trinajstić information content (AvgIpc) is 2.54. The Morgan fingerprint density at radius 1 is 1.33 bits per heavy atom. The molecule has 0 bridgehead atoms. The van der Waals surface area contributed by atoms with E-state index in [1.807, 2.05) is 36.5 Å². The van der Waals surface area contributed by atoms with Gasteiger partial charge in [0.05, 0.1) is 0 Å². The number of pyridine rings is 1. The summed E-state index contributed by atoms with van der Waals surface area (Å²) in [6.07, 6.45) is 3.60. The minimum Gasteiger partial charge on any atom is -0.489 e. The van der Waals surface area contributed by atoms with Gasteiger partial charge in [-0.2, -0.15) is 0 Å². The van der Waals surface area contributed by atoms with Gasteiger partial charge in [-0.1, -0.05) is 17.7 Å². The highest BCUT2D eigenvalue weighted by Crippen LogP contribution is 2.26. The van der Waals surface area contributed by atoms with Crippen LogP contribution in [-0.2, 0) is 13.2 Å². The molecule has 1 N–H and O–H groups in total. The number of ether oxygens (including phenoxy) is 1. The van der Waals surface area contributed by atoms with Crippen molar-refractivity contribution in [1.29, 1.82) is 0 Å². The molecule has 0 spiro atoms. The lowest BCUT2D eigenvalue weighted by molar-refractivity contribution is 0.146. The van der Waals surface area contributed by atoms with Gasteiger partial charge < -0.3 is 10.1 Å². The zero-order valence-corrected chi connectivity index (χ0v) is 15.0. The second-order valence-electron chi connectivity index (χ2n) is 6.92. The van der Waals surface area contributed by atoms with Crippen LogP contribution in [0, 0.1) is 0 Å². The topological polar surface area (TPSA) is 37.4 Å². The third kappa shape index (κ3) is 4.69. The van der Waals surface area contributed by atoms with Gasteiger partial charge in [-0.15, -0.1) is 0 Å². The predicted molar refractivity (Wildman–Crippen MR) is 97.4 cm³/mol. The maximum atomic E-state index is 6.21. The fourth-order valence-electron chi connectivity index (χ4n) is 3.08. The molecule has 0 unspecified atom stereocenters. The van der Waals surface area contributed by atoms with E-state index < -0.39 is 0 Å². The molecule has 0 aliphatic carbocycles. The number of hydrogen-bond acceptors (Lipinski definition) is 4. The van der Waals surface area contributed by atoms with Gasteiger partial charge >= 0.3 is 0 Å². The van der Waals surface area contributed by atoms with E-state index in [2.05, 4.69) is 29.0 Å². The van der Waals surface area contributed by atoms with E-state index in [9.17, 15) is 0 Å². The summed E-state index contributed by atoms with van der Waals surface area (Å²) >= 11 is 6.21. The Hall–Kier alpha value is -1.62. The Labute approximate surface area is 148 Å². The molecule has 0 saturated carbocycles. The van der Waals surface area contributed by atoms with Crippen LogP contribution in [0.5, 0.6) is 5.75 Å². The molecule has 0 radical (unpaired) electrons. The molecule has 1 aliphatic heterocycles. The molecule has 3 rings (SSSR count). The maximum absolute atomic E-state index is 6.21. The smallest absolute Gasteiger partial charge is 0.124 e. The largest absolute Gasteiger partial charge is 0.489 e. The summed E-state index contributed by atoms with van der Waals surface area (Å²) in [5.74, 6) is 0.889. The summed E-state index contributed by atoms with van der Waals surface area (Å²) in [4.78, 5) is 6.57. The van der Waals surface area contributed by atoms with Gasteiger partial charge in [-0.25, -0.2) is 0 Å². The second kappa shape index (κ2) is 7.51. The molecule has 2 aromatic rings. The first-order chi connectivity index (χ1) is 11.5. The highest BCUT2D eigenvalue weighted by Gasteiger charge is 2.26. The number of nitrogens with one attached hydrogen (secondary N) is 1. The fraction of sp³-hybridized carbons (Fsp3) is 0.421. The standard InChI is InChI=1S/C19H24ClN3O/c1-19(2)14-23(9-8-22-19)12-16-10-17(20)5-6-18(16)24-13-15-4-3-7-21-11-15/h3-7,10-11,22H,8-9,12-14H2,1-2H3. The first-order valence-corrected chi connectivity index (χ1v) is 8.67. The van der Waals surface area contributed by atoms with Crippen molar-refractivity contribution < 1.29 is 4.74 Å². The molecule has 1 fully saturated rings. The van der Waals surface area contributed by atoms with Gasteiger partial charge in [0, 0.05) is 60.3 Å². The first-order valence-electron chi connectivity index (χ1n) is 8.29. The predicted octanol–water partition coefficient (Wildman–Crippen LogP) is 3.50. The molecule has 0 amide bonds. The van der Waals surface area contributed by atoms with Crippen molar-refractivity contribution in [3.63, 3.8) is 0 Å². The van der Waals surface area contributed by atoms with E-state index in [1.54, 1.807) is 6.20 Å². The van der Waals surface area contributed by atoms with Crippen LogP contribution in [0.1, 0.15) is 25.0 Å². The molecule has 2 heterocycles. The summed E-state index contributed by atoms with van der Waals surface area (Å²) in [5, 5.41) is 4.28. The Morgan fingerprint density at radius 2 is 2.21 bits per heavy atom. The van der Waals surface area contributed by atoms with E-state index >= 15 is 0 Å². The summed E-state index contributed by atoms with van der Waals surface area (Å²) in [6, 6.07) is 9.79. The molecular formula is C19H24ClN3O. The molecule has 1 saturated heterocycles. The highest BCUT2D eigenvalue weighted by molar-refractivity contribution is 6.30. The average molecular weight is 346 g/mol. The molecule has 1 aliphatic rings. The van der Waals surface area contributed by atoms with Gasteiger partial charge in [0.1, 0.15) is 12.4 Å². The monoisotopic (exact) mass is 345 g/mol. The third-order valence-corrected chi connectivity index (χ3v) is 4.42. The molecule has 24 heavy (non-hydrogen) atoms. The number of halogens is 1. The van der Waals surface area contributed by atoms with E-state index in [0.717, 1.165) is 48.1 Å².